The summed E-state index contributed by atoms with van der Waals surface area (Å²) in [7, 11) is 0. The molecule has 0 heterocycles. The van der Waals surface area contributed by atoms with E-state index in [-0.39, 0.29) is 10.7 Å². The van der Waals surface area contributed by atoms with Crippen molar-refractivity contribution in [3.8, 4) is 0 Å². The molecule has 0 saturated carbocycles. The second-order valence-electron chi connectivity index (χ2n) is 3.95. The van der Waals surface area contributed by atoms with Crippen molar-refractivity contribution in [1.29, 1.82) is 0 Å². The molecule has 0 aromatic rings. The summed E-state index contributed by atoms with van der Waals surface area (Å²) >= 11 is -1.25. The molecule has 1 N–H and O–H groups in total. The van der Waals surface area contributed by atoms with Gasteiger partial charge >= 0.3 is 111 Å². The van der Waals surface area contributed by atoms with Crippen molar-refractivity contribution in [2.45, 2.75) is 58.8 Å². The number of amides is 1. The maximum atomic E-state index is 11.3. The molecule has 0 rings (SSSR count). The van der Waals surface area contributed by atoms with Gasteiger partial charge in [-0.2, -0.15) is 0 Å². The van der Waals surface area contributed by atoms with E-state index in [1.54, 1.807) is 6.92 Å². The second kappa shape index (κ2) is 12.0. The Morgan fingerprint density at radius 1 is 1.06 bits per heavy atom. The molecule has 1 unspecified atom stereocenters. The van der Waals surface area contributed by atoms with Gasteiger partial charge < -0.3 is 0 Å². The van der Waals surface area contributed by atoms with Gasteiger partial charge in [0.25, 0.3) is 0 Å². The minimum atomic E-state index is -1.25. The number of carbonyl (C=O) groups is 2. The first-order valence-corrected chi connectivity index (χ1v) is 8.34. The normalized spacial score (nSPS) is 10.7. The molecule has 0 radical (unpaired) electrons. The monoisotopic (exact) mass is 305 g/mol. The molecule has 5 heteroatoms. The maximum absolute atomic E-state index is 11.3. The molecule has 1 amide bonds. The van der Waals surface area contributed by atoms with E-state index in [1.807, 2.05) is 0 Å². The molecule has 0 bridgehead atoms. The fraction of sp³-hybridized carbons (Fsp3) is 0.833. The first-order valence-electron chi connectivity index (χ1n) is 6.44. The van der Waals surface area contributed by atoms with Crippen LogP contribution < -0.4 is 5.32 Å². The second-order valence-corrected chi connectivity index (χ2v) is 5.76. The molecule has 100 valence electrons. The zero-order valence-electron chi connectivity index (χ0n) is 10.9. The molecule has 17 heavy (non-hydrogen) atoms. The molecule has 0 fully saturated rings. The molecule has 0 aliphatic heterocycles. The Kier molecular flexibility index (Phi) is 11.6. The number of hydrogen-bond donors (Lipinski definition) is 1. The van der Waals surface area contributed by atoms with Gasteiger partial charge in [-0.1, -0.05) is 0 Å². The summed E-state index contributed by atoms with van der Waals surface area (Å²) < 4.78 is 4.75. The van der Waals surface area contributed by atoms with E-state index in [2.05, 4.69) is 12.2 Å². The number of carbonyl (C=O) groups excluding carboxylic acids is 2. The van der Waals surface area contributed by atoms with Crippen molar-refractivity contribution >= 4 is 26.8 Å². The summed E-state index contributed by atoms with van der Waals surface area (Å²) in [5.74, 6) is -0.278. The van der Waals surface area contributed by atoms with Crippen LogP contribution >= 0.6 is 0 Å². The zero-order chi connectivity index (χ0) is 12.9. The fourth-order valence-corrected chi connectivity index (χ4v) is 2.47. The number of unbranched alkanes of at least 4 members (excludes halogenated alkanes) is 5. The van der Waals surface area contributed by atoms with Gasteiger partial charge in [-0.15, -0.1) is 0 Å². The van der Waals surface area contributed by atoms with E-state index < -0.39 is 16.1 Å². The van der Waals surface area contributed by atoms with Crippen LogP contribution in [-0.4, -0.2) is 33.3 Å². The summed E-state index contributed by atoms with van der Waals surface area (Å²) in [5, 5.41) is 2.79. The molecule has 4 nitrogen and oxygen atoms in total. The van der Waals surface area contributed by atoms with E-state index >= 15 is 0 Å². The molecular weight excluding hydrogens is 281 g/mol. The Morgan fingerprint density at radius 3 is 2.35 bits per heavy atom. The van der Waals surface area contributed by atoms with Crippen LogP contribution in [0.2, 0.25) is 0 Å². The standard InChI is InChI=1S/C12H24AsNO3/c1-3-5-6-7-8-9-10-14-12(16)13-17-11(15)4-2/h13H,3-10H2,1-2H3,(H,14,16). The SMILES string of the molecule is CCCCCCCCNC(=O)[AsH]OC(=O)CC. The molecule has 0 aliphatic rings. The predicted octanol–water partition coefficient (Wildman–Crippen LogP) is 2.36. The average molecular weight is 305 g/mol. The molecule has 0 aliphatic carbocycles. The van der Waals surface area contributed by atoms with E-state index in [9.17, 15) is 9.59 Å². The number of rotatable bonds is 10. The fourth-order valence-electron chi connectivity index (χ4n) is 1.32. The van der Waals surface area contributed by atoms with Crippen LogP contribution in [0.5, 0.6) is 0 Å². The number of nitrogens with one attached hydrogen (secondary N) is 1. The van der Waals surface area contributed by atoms with Crippen molar-refractivity contribution in [2.75, 3.05) is 6.54 Å². The molecule has 0 aromatic heterocycles. The summed E-state index contributed by atoms with van der Waals surface area (Å²) in [6.07, 6.45) is 7.60. The van der Waals surface area contributed by atoms with Gasteiger partial charge in [0.15, 0.2) is 0 Å². The van der Waals surface area contributed by atoms with Gasteiger partial charge in [-0.3, -0.25) is 0 Å². The van der Waals surface area contributed by atoms with E-state index in [1.165, 1.54) is 25.7 Å². The van der Waals surface area contributed by atoms with E-state index in [0.717, 1.165) is 12.8 Å². The van der Waals surface area contributed by atoms with Crippen LogP contribution in [0.4, 0.5) is 4.79 Å². The van der Waals surface area contributed by atoms with Crippen molar-refractivity contribution in [3.05, 3.63) is 0 Å². The number of hydrogen-bond acceptors (Lipinski definition) is 3. The van der Waals surface area contributed by atoms with Gasteiger partial charge in [-0.05, 0) is 0 Å². The molecule has 0 saturated heterocycles. The third-order valence-corrected chi connectivity index (χ3v) is 3.81. The van der Waals surface area contributed by atoms with Crippen molar-refractivity contribution in [2.24, 2.45) is 0 Å². The zero-order valence-corrected chi connectivity index (χ0v) is 13.0. The van der Waals surface area contributed by atoms with Crippen molar-refractivity contribution in [1.82, 2.24) is 5.32 Å². The van der Waals surface area contributed by atoms with E-state index in [0.29, 0.717) is 13.0 Å². The Hall–Kier alpha value is -0.502. The van der Waals surface area contributed by atoms with Crippen LogP contribution in [0, 0.1) is 0 Å². The summed E-state index contributed by atoms with van der Waals surface area (Å²) in [4.78, 5) is 22.1. The minimum absolute atomic E-state index is 0.0830. The van der Waals surface area contributed by atoms with Crippen LogP contribution in [0.3, 0.4) is 0 Å². The quantitative estimate of drug-likeness (QED) is 0.498. The Morgan fingerprint density at radius 2 is 1.71 bits per heavy atom. The summed E-state index contributed by atoms with van der Waals surface area (Å²) in [5.41, 5.74) is 0. The molecule has 0 aromatic carbocycles. The van der Waals surface area contributed by atoms with Crippen LogP contribution in [0.25, 0.3) is 0 Å². The van der Waals surface area contributed by atoms with E-state index in [4.69, 9.17) is 3.73 Å². The van der Waals surface area contributed by atoms with Crippen molar-refractivity contribution in [3.63, 3.8) is 0 Å². The van der Waals surface area contributed by atoms with Crippen LogP contribution in [0.15, 0.2) is 0 Å². The van der Waals surface area contributed by atoms with Crippen LogP contribution in [0.1, 0.15) is 58.8 Å². The van der Waals surface area contributed by atoms with Gasteiger partial charge in [0.2, 0.25) is 0 Å². The molecule has 1 atom stereocenters. The van der Waals surface area contributed by atoms with Gasteiger partial charge in [0.1, 0.15) is 0 Å². The average Bonchev–Trinajstić information content (AvgIpc) is 2.34. The first kappa shape index (κ1) is 16.5. The molecular formula is C12H24AsNO3. The first-order chi connectivity index (χ1) is 8.20. The van der Waals surface area contributed by atoms with Gasteiger partial charge in [-0.25, -0.2) is 0 Å². The van der Waals surface area contributed by atoms with Gasteiger partial charge in [0.05, 0.1) is 0 Å². The Balaban J connectivity index is 3.25. The van der Waals surface area contributed by atoms with Gasteiger partial charge in [0, 0.05) is 0 Å². The predicted molar refractivity (Wildman–Crippen MR) is 70.3 cm³/mol. The molecule has 0 spiro atoms. The summed E-state index contributed by atoms with van der Waals surface area (Å²) in [6.45, 7) is 4.63. The summed E-state index contributed by atoms with van der Waals surface area (Å²) in [6, 6.07) is 0. The third-order valence-electron chi connectivity index (χ3n) is 2.36. The van der Waals surface area contributed by atoms with Crippen molar-refractivity contribution < 1.29 is 13.3 Å². The van der Waals surface area contributed by atoms with Crippen LogP contribution in [-0.2, 0) is 8.52 Å². The Bertz CT molecular complexity index is 222. The topological polar surface area (TPSA) is 55.4 Å². The Labute approximate surface area is 111 Å². The third kappa shape index (κ3) is 11.8.